The van der Waals surface area contributed by atoms with Crippen molar-refractivity contribution in [1.82, 2.24) is 4.98 Å². The van der Waals surface area contributed by atoms with Gasteiger partial charge in [-0.15, -0.1) is 0 Å². The fourth-order valence-electron chi connectivity index (χ4n) is 1.44. The van der Waals surface area contributed by atoms with E-state index < -0.39 is 5.60 Å². The van der Waals surface area contributed by atoms with E-state index in [0.29, 0.717) is 5.69 Å². The molecule has 5 heteroatoms. The molecule has 104 valence electrons. The number of nitrogens with one attached hydrogen (secondary N) is 1. The number of anilines is 1. The molecule has 0 aliphatic rings. The quantitative estimate of drug-likeness (QED) is 0.848. The van der Waals surface area contributed by atoms with Crippen molar-refractivity contribution in [1.29, 1.82) is 0 Å². The molecule has 19 heavy (non-hydrogen) atoms. The summed E-state index contributed by atoms with van der Waals surface area (Å²) in [5.41, 5.74) is 0.887. The second-order valence-corrected chi connectivity index (χ2v) is 5.27. The zero-order chi connectivity index (χ0) is 14.5. The van der Waals surface area contributed by atoms with Crippen molar-refractivity contribution in [3.05, 3.63) is 24.0 Å². The number of pyridine rings is 1. The van der Waals surface area contributed by atoms with Crippen molar-refractivity contribution in [3.63, 3.8) is 0 Å². The van der Waals surface area contributed by atoms with Crippen LogP contribution < -0.4 is 5.32 Å². The molecule has 0 saturated heterocycles. The number of aromatic nitrogens is 1. The van der Waals surface area contributed by atoms with Crippen LogP contribution in [0, 0.1) is 6.92 Å². The molecule has 1 N–H and O–H groups in total. The van der Waals surface area contributed by atoms with Gasteiger partial charge < -0.3 is 10.1 Å². The normalized spacial score (nSPS) is 10.9. The summed E-state index contributed by atoms with van der Waals surface area (Å²) in [5.74, 6) is -0.590. The summed E-state index contributed by atoms with van der Waals surface area (Å²) >= 11 is 0. The molecule has 5 nitrogen and oxygen atoms in total. The van der Waals surface area contributed by atoms with Crippen LogP contribution in [0.25, 0.3) is 0 Å². The maximum absolute atomic E-state index is 11.7. The average Bonchev–Trinajstić information content (AvgIpc) is 2.27. The van der Waals surface area contributed by atoms with Gasteiger partial charge in [0, 0.05) is 12.6 Å². The second-order valence-electron chi connectivity index (χ2n) is 5.27. The molecular weight excluding hydrogens is 244 g/mol. The molecule has 0 spiro atoms. The van der Waals surface area contributed by atoms with Gasteiger partial charge in [-0.05, 0) is 39.8 Å². The van der Waals surface area contributed by atoms with Crippen molar-refractivity contribution in [2.45, 2.75) is 46.1 Å². The molecule has 1 aromatic rings. The Kier molecular flexibility index (Phi) is 5.03. The molecule has 0 radical (unpaired) electrons. The van der Waals surface area contributed by atoms with Crippen LogP contribution in [0.2, 0.25) is 0 Å². The Morgan fingerprint density at radius 1 is 1.32 bits per heavy atom. The summed E-state index contributed by atoms with van der Waals surface area (Å²) in [7, 11) is 0. The molecule has 0 aromatic carbocycles. The fourth-order valence-corrected chi connectivity index (χ4v) is 1.44. The van der Waals surface area contributed by atoms with E-state index in [2.05, 4.69) is 10.3 Å². The highest BCUT2D eigenvalue weighted by molar-refractivity contribution is 5.93. The van der Waals surface area contributed by atoms with Crippen molar-refractivity contribution < 1.29 is 14.3 Å². The summed E-state index contributed by atoms with van der Waals surface area (Å²) in [5, 5.41) is 2.72. The molecule has 0 bridgehead atoms. The standard InChI is InChI=1S/C14H20N2O3/c1-10-11(6-5-9-15-10)16-12(17)7-8-13(18)19-14(2,3)4/h5-6,9H,7-8H2,1-4H3,(H,16,17). The summed E-state index contributed by atoms with van der Waals surface area (Å²) in [6, 6.07) is 3.52. The Labute approximate surface area is 113 Å². The van der Waals surface area contributed by atoms with Gasteiger partial charge in [-0.1, -0.05) is 0 Å². The highest BCUT2D eigenvalue weighted by Gasteiger charge is 2.17. The Bertz CT molecular complexity index is 464. The lowest BCUT2D eigenvalue weighted by molar-refractivity contribution is -0.155. The molecule has 0 fully saturated rings. The first-order chi connectivity index (χ1) is 8.78. The number of amides is 1. The van der Waals surface area contributed by atoms with Crippen LogP contribution >= 0.6 is 0 Å². The Morgan fingerprint density at radius 2 is 2.00 bits per heavy atom. The van der Waals surface area contributed by atoms with Crippen molar-refractivity contribution in [2.24, 2.45) is 0 Å². The Morgan fingerprint density at radius 3 is 2.58 bits per heavy atom. The number of ether oxygens (including phenoxy) is 1. The van der Waals surface area contributed by atoms with Crippen LogP contribution in [0.1, 0.15) is 39.3 Å². The van der Waals surface area contributed by atoms with Gasteiger partial charge in [-0.3, -0.25) is 14.6 Å². The summed E-state index contributed by atoms with van der Waals surface area (Å²) in [6.07, 6.45) is 1.83. The zero-order valence-electron chi connectivity index (χ0n) is 11.8. The number of aryl methyl sites for hydroxylation is 1. The lowest BCUT2D eigenvalue weighted by Gasteiger charge is -2.19. The SMILES string of the molecule is Cc1ncccc1NC(=O)CCC(=O)OC(C)(C)C. The zero-order valence-corrected chi connectivity index (χ0v) is 11.8. The highest BCUT2D eigenvalue weighted by Crippen LogP contribution is 2.12. The number of esters is 1. The minimum atomic E-state index is -0.520. The number of nitrogens with zero attached hydrogens (tertiary/aromatic N) is 1. The molecule has 1 amide bonds. The van der Waals surface area contributed by atoms with Gasteiger partial charge in [-0.25, -0.2) is 0 Å². The molecule has 0 aliphatic heterocycles. The van der Waals surface area contributed by atoms with Crippen LogP contribution in [0.5, 0.6) is 0 Å². The maximum atomic E-state index is 11.7. The van der Waals surface area contributed by atoms with Crippen LogP contribution in [0.4, 0.5) is 5.69 Å². The molecule has 1 rings (SSSR count). The summed E-state index contributed by atoms with van der Waals surface area (Å²) in [4.78, 5) is 27.2. The molecule has 1 aromatic heterocycles. The molecule has 0 saturated carbocycles. The van der Waals surface area contributed by atoms with Crippen LogP contribution in [-0.2, 0) is 14.3 Å². The first kappa shape index (κ1) is 15.1. The second kappa shape index (κ2) is 6.31. The Hall–Kier alpha value is -1.91. The number of carbonyl (C=O) groups excluding carboxylic acids is 2. The highest BCUT2D eigenvalue weighted by atomic mass is 16.6. The van der Waals surface area contributed by atoms with E-state index in [1.807, 2.05) is 6.92 Å². The van der Waals surface area contributed by atoms with Gasteiger partial charge in [0.05, 0.1) is 17.8 Å². The van der Waals surface area contributed by atoms with Gasteiger partial charge in [-0.2, -0.15) is 0 Å². The predicted octanol–water partition coefficient (Wildman–Crippen LogP) is 2.45. The van der Waals surface area contributed by atoms with Gasteiger partial charge in [0.1, 0.15) is 5.60 Å². The van der Waals surface area contributed by atoms with Crippen molar-refractivity contribution >= 4 is 17.6 Å². The summed E-state index contributed by atoms with van der Waals surface area (Å²) < 4.78 is 5.13. The molecule has 1 heterocycles. The molecular formula is C14H20N2O3. The van der Waals surface area contributed by atoms with Crippen LogP contribution in [-0.4, -0.2) is 22.5 Å². The van der Waals surface area contributed by atoms with E-state index >= 15 is 0 Å². The van der Waals surface area contributed by atoms with Gasteiger partial charge in [0.2, 0.25) is 5.91 Å². The van der Waals surface area contributed by atoms with E-state index in [1.54, 1.807) is 39.1 Å². The van der Waals surface area contributed by atoms with E-state index in [-0.39, 0.29) is 24.7 Å². The first-order valence-corrected chi connectivity index (χ1v) is 6.21. The van der Waals surface area contributed by atoms with E-state index in [1.165, 1.54) is 0 Å². The number of hydrogen-bond acceptors (Lipinski definition) is 4. The molecule has 0 atom stereocenters. The fraction of sp³-hybridized carbons (Fsp3) is 0.500. The van der Waals surface area contributed by atoms with Gasteiger partial charge >= 0.3 is 5.97 Å². The van der Waals surface area contributed by atoms with Crippen molar-refractivity contribution in [2.75, 3.05) is 5.32 Å². The third-order valence-electron chi connectivity index (χ3n) is 2.26. The van der Waals surface area contributed by atoms with Crippen LogP contribution in [0.3, 0.4) is 0 Å². The number of carbonyl (C=O) groups is 2. The topological polar surface area (TPSA) is 68.3 Å². The first-order valence-electron chi connectivity index (χ1n) is 6.21. The minimum absolute atomic E-state index is 0.0718. The predicted molar refractivity (Wildman–Crippen MR) is 72.7 cm³/mol. The van der Waals surface area contributed by atoms with Crippen LogP contribution in [0.15, 0.2) is 18.3 Å². The third kappa shape index (κ3) is 5.99. The third-order valence-corrected chi connectivity index (χ3v) is 2.26. The smallest absolute Gasteiger partial charge is 0.306 e. The van der Waals surface area contributed by atoms with Gasteiger partial charge in [0.15, 0.2) is 0 Å². The summed E-state index contributed by atoms with van der Waals surface area (Å²) in [6.45, 7) is 7.20. The Balaban J connectivity index is 2.41. The molecule has 0 aliphatic carbocycles. The molecule has 0 unspecified atom stereocenters. The average molecular weight is 264 g/mol. The van der Waals surface area contributed by atoms with E-state index in [9.17, 15) is 9.59 Å². The van der Waals surface area contributed by atoms with E-state index in [4.69, 9.17) is 4.74 Å². The monoisotopic (exact) mass is 264 g/mol. The number of hydrogen-bond donors (Lipinski definition) is 1. The lowest BCUT2D eigenvalue weighted by Crippen LogP contribution is -2.24. The largest absolute Gasteiger partial charge is 0.460 e. The van der Waals surface area contributed by atoms with E-state index in [0.717, 1.165) is 5.69 Å². The van der Waals surface area contributed by atoms with Gasteiger partial charge in [0.25, 0.3) is 0 Å². The minimum Gasteiger partial charge on any atom is -0.460 e. The van der Waals surface area contributed by atoms with Crippen molar-refractivity contribution in [3.8, 4) is 0 Å². The maximum Gasteiger partial charge on any atom is 0.306 e. The number of rotatable bonds is 4. The lowest BCUT2D eigenvalue weighted by atomic mass is 10.2.